The van der Waals surface area contributed by atoms with Crippen LogP contribution in [0.15, 0.2) is 114 Å². The maximum Gasteiger partial charge on any atom is 0.293 e. The minimum absolute atomic E-state index is 0.0435. The fourth-order valence-corrected chi connectivity index (χ4v) is 14.5. The van der Waals surface area contributed by atoms with E-state index in [-0.39, 0.29) is 52.3 Å². The fraction of sp³-hybridized carbons (Fsp3) is 0.403. The molecule has 0 saturated carbocycles. The van der Waals surface area contributed by atoms with E-state index >= 15 is 0 Å². The zero-order valence-electron chi connectivity index (χ0n) is 50.4. The zero-order valence-corrected chi connectivity index (χ0v) is 52.0. The first-order valence-electron chi connectivity index (χ1n) is 30.9. The molecule has 4 saturated heterocycles. The second-order valence-electron chi connectivity index (χ2n) is 25.3. The molecule has 0 radical (unpaired) electrons. The van der Waals surface area contributed by atoms with Crippen molar-refractivity contribution in [3.8, 4) is 23.3 Å². The SMILES string of the molecule is CC1(C)CCC(CN2CCN(c3ccc(C(=O)NS(=O)(=O)c4ccc(NCC5CCN(CC6CCN(CC#Cc7cccc8c7C(=O)N(C7CCC(=O)NC7=O)C8=O)CC6)CC5)c([N+](=O)[O-])c4)c(Oc4cnc5[nH]ccc5c4)c3)CC2)=C(c2ccc(Cl)cc2)C1. The smallest absolute Gasteiger partial charge is 0.293 e. The maximum atomic E-state index is 14.2. The van der Waals surface area contributed by atoms with E-state index in [1.165, 1.54) is 35.0 Å². The lowest BCUT2D eigenvalue weighted by atomic mass is 9.72. The predicted molar refractivity (Wildman–Crippen MR) is 342 cm³/mol. The molecule has 1 unspecified atom stereocenters. The Morgan fingerprint density at radius 2 is 1.60 bits per heavy atom. The highest BCUT2D eigenvalue weighted by atomic mass is 35.5. The number of halogens is 1. The number of nitrogens with one attached hydrogen (secondary N) is 4. The summed E-state index contributed by atoms with van der Waals surface area (Å²) in [4.78, 5) is 94.6. The van der Waals surface area contributed by atoms with Crippen molar-refractivity contribution in [3.05, 3.63) is 152 Å². The van der Waals surface area contributed by atoms with Gasteiger partial charge in [0.15, 0.2) is 0 Å². The molecule has 4 aromatic carbocycles. The van der Waals surface area contributed by atoms with Crippen LogP contribution in [0.25, 0.3) is 16.6 Å². The van der Waals surface area contributed by atoms with E-state index in [1.54, 1.807) is 48.7 Å². The Hall–Kier alpha value is -8.46. The molecule has 12 rings (SSSR count). The van der Waals surface area contributed by atoms with Gasteiger partial charge in [-0.15, -0.1) is 0 Å². The number of nitrogens with zero attached hydrogens (tertiary/aromatic N) is 7. The van der Waals surface area contributed by atoms with E-state index in [4.69, 9.17) is 16.3 Å². The fourth-order valence-electron chi connectivity index (χ4n) is 13.4. The van der Waals surface area contributed by atoms with Gasteiger partial charge in [-0.05, 0) is 167 Å². The minimum atomic E-state index is -4.64. The van der Waals surface area contributed by atoms with Crippen molar-refractivity contribution in [1.29, 1.82) is 0 Å². The third-order valence-electron chi connectivity index (χ3n) is 18.6. The summed E-state index contributed by atoms with van der Waals surface area (Å²) >= 11 is 6.28. The second-order valence-corrected chi connectivity index (χ2v) is 27.4. The van der Waals surface area contributed by atoms with Gasteiger partial charge in [0, 0.05) is 92.2 Å². The summed E-state index contributed by atoms with van der Waals surface area (Å²) in [6.07, 6.45) is 10.3. The first-order valence-corrected chi connectivity index (χ1v) is 32.7. The van der Waals surface area contributed by atoms with Gasteiger partial charge in [0.1, 0.15) is 28.9 Å². The summed E-state index contributed by atoms with van der Waals surface area (Å²) < 4.78 is 36.6. The van der Waals surface area contributed by atoms with E-state index in [0.29, 0.717) is 49.1 Å². The Labute approximate surface area is 527 Å². The molecule has 5 amide bonds. The highest BCUT2D eigenvalue weighted by molar-refractivity contribution is 7.90. The normalized spacial score (nSPS) is 19.8. The van der Waals surface area contributed by atoms with Gasteiger partial charge in [0.2, 0.25) is 11.8 Å². The van der Waals surface area contributed by atoms with Crippen molar-refractivity contribution in [3.63, 3.8) is 0 Å². The molecule has 2 aromatic heterocycles. The number of fused-ring (bicyclic) bond motifs is 2. The number of aromatic amines is 1. The number of imide groups is 2. The number of piperazine rings is 1. The summed E-state index contributed by atoms with van der Waals surface area (Å²) in [5.74, 6) is 4.27. The molecule has 4 N–H and O–H groups in total. The van der Waals surface area contributed by atoms with Crippen molar-refractivity contribution in [2.45, 2.75) is 82.6 Å². The number of hydrogen-bond acceptors (Lipinski definition) is 16. The Balaban J connectivity index is 0.631. The van der Waals surface area contributed by atoms with Crippen molar-refractivity contribution in [2.75, 3.05) is 88.8 Å². The highest BCUT2D eigenvalue weighted by Crippen LogP contribution is 2.44. The third kappa shape index (κ3) is 13.8. The largest absolute Gasteiger partial charge is 0.455 e. The number of anilines is 2. The number of carbonyl (C=O) groups excluding carboxylic acids is 5. The summed E-state index contributed by atoms with van der Waals surface area (Å²) in [6.45, 7) is 13.9. The van der Waals surface area contributed by atoms with Crippen LogP contribution < -0.4 is 25.0 Å². The maximum absolute atomic E-state index is 14.2. The summed E-state index contributed by atoms with van der Waals surface area (Å²) in [5.41, 5.74) is 6.21. The molecule has 0 bridgehead atoms. The number of amides is 5. The number of sulfonamides is 1. The molecule has 1 aliphatic carbocycles. The van der Waals surface area contributed by atoms with Gasteiger partial charge in [0.25, 0.3) is 33.4 Å². The van der Waals surface area contributed by atoms with Crippen LogP contribution in [0.4, 0.5) is 17.1 Å². The number of hydrogen-bond donors (Lipinski definition) is 4. The van der Waals surface area contributed by atoms with Crippen LogP contribution in [0, 0.1) is 39.2 Å². The number of rotatable bonds is 17. The number of ether oxygens (including phenoxy) is 1. The number of carbonyl (C=O) groups is 5. The topological polar surface area (TPSA) is 253 Å². The number of pyridine rings is 1. The highest BCUT2D eigenvalue weighted by Gasteiger charge is 2.45. The first-order chi connectivity index (χ1) is 43.3. The molecule has 90 heavy (non-hydrogen) atoms. The van der Waals surface area contributed by atoms with Gasteiger partial charge in [-0.3, -0.25) is 54.1 Å². The molecule has 7 heterocycles. The Morgan fingerprint density at radius 1 is 0.844 bits per heavy atom. The van der Waals surface area contributed by atoms with Crippen LogP contribution in [0.1, 0.15) is 114 Å². The van der Waals surface area contributed by atoms with Gasteiger partial charge in [0.05, 0.1) is 39.3 Å². The molecule has 1 atom stereocenters. The molecular formula is C67H72ClN11O10S. The van der Waals surface area contributed by atoms with Gasteiger partial charge >= 0.3 is 0 Å². The monoisotopic (exact) mass is 1260 g/mol. The molecule has 468 valence electrons. The molecule has 6 aliphatic rings. The quantitative estimate of drug-likeness (QED) is 0.0287. The standard InChI is InChI=1S/C67H72ClN11O10S/c1-67(2)24-18-48(55(38-67)45-8-10-49(68)11-9-45)42-76-31-33-77(34-32-76)50-12-14-53(59(36-50)89-51-35-47-19-25-69-62(47)71-40-51)63(81)73-90(87,88)52-13-15-56(58(37-52)79(85)86)70-39-43-20-29-75(30-21-43)41-44-22-27-74(28-23-44)26-4-6-46-5-3-7-54-61(46)66(84)78(65(54)83)57-16-17-60(80)72-64(57)82/h3,5,7-15,19,25,35-37,40,43-44,57,70H,16-18,20-24,26-34,38-39,41-42H2,1-2H3,(H,69,71)(H,73,81)(H,72,80,82). The van der Waals surface area contributed by atoms with Crippen molar-refractivity contribution in [2.24, 2.45) is 17.3 Å². The van der Waals surface area contributed by atoms with Crippen molar-refractivity contribution in [1.82, 2.24) is 39.6 Å². The Bertz CT molecular complexity index is 4020. The summed E-state index contributed by atoms with van der Waals surface area (Å²) in [6, 6.07) is 24.3. The lowest BCUT2D eigenvalue weighted by Crippen LogP contribution is -2.54. The van der Waals surface area contributed by atoms with E-state index in [9.17, 15) is 42.5 Å². The summed E-state index contributed by atoms with van der Waals surface area (Å²) in [5, 5.41) is 19.5. The van der Waals surface area contributed by atoms with Gasteiger partial charge < -0.3 is 24.8 Å². The number of nitro groups is 1. The number of nitro benzene ring substituents is 1. The third-order valence-corrected chi connectivity index (χ3v) is 20.1. The molecule has 0 spiro atoms. The minimum Gasteiger partial charge on any atom is -0.455 e. The van der Waals surface area contributed by atoms with Crippen molar-refractivity contribution >= 4 is 84.8 Å². The van der Waals surface area contributed by atoms with Gasteiger partial charge in [-0.2, -0.15) is 0 Å². The Morgan fingerprint density at radius 3 is 2.36 bits per heavy atom. The lowest BCUT2D eigenvalue weighted by molar-refractivity contribution is -0.384. The van der Waals surface area contributed by atoms with E-state index in [1.807, 2.05) is 18.2 Å². The van der Waals surface area contributed by atoms with Crippen LogP contribution in [-0.4, -0.2) is 157 Å². The molecule has 4 fully saturated rings. The molecule has 23 heteroatoms. The number of aromatic nitrogens is 2. The number of likely N-dealkylation sites (tertiary alicyclic amines) is 2. The van der Waals surface area contributed by atoms with Crippen LogP contribution in [0.3, 0.4) is 0 Å². The predicted octanol–water partition coefficient (Wildman–Crippen LogP) is 9.11. The van der Waals surface area contributed by atoms with E-state index in [0.717, 1.165) is 124 Å². The van der Waals surface area contributed by atoms with Gasteiger partial charge in [-0.25, -0.2) is 18.1 Å². The summed E-state index contributed by atoms with van der Waals surface area (Å²) in [7, 11) is -4.64. The van der Waals surface area contributed by atoms with Crippen LogP contribution >= 0.6 is 11.6 Å². The van der Waals surface area contributed by atoms with Crippen molar-refractivity contribution < 1.29 is 42.1 Å². The molecule has 5 aliphatic heterocycles. The number of allylic oxidation sites excluding steroid dienone is 1. The van der Waals surface area contributed by atoms with Crippen LogP contribution in [0.5, 0.6) is 11.5 Å². The zero-order chi connectivity index (χ0) is 62.8. The van der Waals surface area contributed by atoms with Crippen LogP contribution in [0.2, 0.25) is 5.02 Å². The van der Waals surface area contributed by atoms with Gasteiger partial charge in [-0.1, -0.05) is 61.1 Å². The number of piperidine rings is 3. The first kappa shape index (κ1) is 61.8. The number of benzene rings is 4. The average Bonchev–Trinajstić information content (AvgIpc) is 1.89. The number of H-pyrrole nitrogens is 1. The average molecular weight is 1260 g/mol. The van der Waals surface area contributed by atoms with E-state index < -0.39 is 61.1 Å². The van der Waals surface area contributed by atoms with Crippen LogP contribution in [-0.2, 0) is 19.6 Å². The van der Waals surface area contributed by atoms with E-state index in [2.05, 4.69) is 82.7 Å². The molecular weight excluding hydrogens is 1190 g/mol. The Kier molecular flexibility index (Phi) is 18.0. The molecule has 21 nitrogen and oxygen atoms in total. The lowest BCUT2D eigenvalue weighted by Gasteiger charge is -2.39. The molecule has 6 aromatic rings. The second kappa shape index (κ2) is 26.2.